The molecule has 1 atom stereocenters. The summed E-state index contributed by atoms with van der Waals surface area (Å²) in [5.74, 6) is -3.37. The molecule has 12 heteroatoms. The maximum Gasteiger partial charge on any atom is 0.126 e. The molecule has 0 fully saturated rings. The van der Waals surface area contributed by atoms with Crippen LogP contribution in [0.25, 0.3) is 0 Å². The first kappa shape index (κ1) is 38.7. The lowest BCUT2D eigenvalue weighted by Gasteiger charge is -2.01. The highest BCUT2D eigenvalue weighted by Gasteiger charge is 2.00. The number of halogens is 7. The number of hydrogen-bond donors (Lipinski definition) is 4. The van der Waals surface area contributed by atoms with E-state index in [0.717, 1.165) is 29.1 Å². The molecule has 4 rings (SSSR count). The Hall–Kier alpha value is -3.34. The summed E-state index contributed by atoms with van der Waals surface area (Å²) in [5, 5.41) is 12.3. The third kappa shape index (κ3) is 17.1. The van der Waals surface area contributed by atoms with E-state index in [1.54, 1.807) is 21.1 Å². The SMILES string of the molecule is CNCc1cc(F)cc(F)c1.CNCc1cc(F)cc(F)c1.CNCc1cc(F)cc(F)c1.CNCc1cc(F)cc(P)c1. The minimum Gasteiger partial charge on any atom is -0.316 e. The highest BCUT2D eigenvalue weighted by atomic mass is 31.0. The molecule has 4 aromatic rings. The van der Waals surface area contributed by atoms with E-state index in [0.29, 0.717) is 42.9 Å². The van der Waals surface area contributed by atoms with Crippen molar-refractivity contribution in [3.8, 4) is 0 Å². The van der Waals surface area contributed by atoms with Gasteiger partial charge in [0.2, 0.25) is 0 Å². The van der Waals surface area contributed by atoms with Crippen molar-refractivity contribution in [1.82, 2.24) is 21.3 Å². The van der Waals surface area contributed by atoms with Crippen LogP contribution >= 0.6 is 9.24 Å². The Morgan fingerprint density at radius 1 is 0.364 bits per heavy atom. The Morgan fingerprint density at radius 3 is 0.773 bits per heavy atom. The van der Waals surface area contributed by atoms with Gasteiger partial charge in [-0.15, -0.1) is 9.24 Å². The number of hydrogen-bond acceptors (Lipinski definition) is 4. The normalized spacial score (nSPS) is 10.1. The summed E-state index contributed by atoms with van der Waals surface area (Å²) < 4.78 is 87.6. The highest BCUT2D eigenvalue weighted by Crippen LogP contribution is 2.09. The number of benzene rings is 4. The molecule has 0 bridgehead atoms. The fraction of sp³-hybridized carbons (Fsp3) is 0.250. The van der Waals surface area contributed by atoms with E-state index in [1.807, 2.05) is 13.1 Å². The summed E-state index contributed by atoms with van der Waals surface area (Å²) in [6, 6.07) is 15.4. The summed E-state index contributed by atoms with van der Waals surface area (Å²) >= 11 is 0. The Labute approximate surface area is 256 Å². The molecule has 4 N–H and O–H groups in total. The third-order valence-electron chi connectivity index (χ3n) is 5.27. The summed E-state index contributed by atoms with van der Waals surface area (Å²) in [7, 11) is 9.50. The van der Waals surface area contributed by atoms with Crippen LogP contribution in [0.1, 0.15) is 22.3 Å². The van der Waals surface area contributed by atoms with Gasteiger partial charge in [-0.1, -0.05) is 6.07 Å². The van der Waals surface area contributed by atoms with Crippen LogP contribution in [0.4, 0.5) is 30.7 Å². The Kier molecular flexibility index (Phi) is 18.8. The van der Waals surface area contributed by atoms with Gasteiger partial charge in [-0.25, -0.2) is 30.7 Å². The van der Waals surface area contributed by atoms with Gasteiger partial charge in [0.05, 0.1) is 0 Å². The van der Waals surface area contributed by atoms with E-state index in [-0.39, 0.29) is 5.82 Å². The molecule has 0 radical (unpaired) electrons. The minimum absolute atomic E-state index is 0.178. The Balaban J connectivity index is 0.000000293. The average molecular weight is 643 g/mol. The van der Waals surface area contributed by atoms with E-state index in [4.69, 9.17) is 0 Å². The zero-order valence-corrected chi connectivity index (χ0v) is 26.1. The maximum absolute atomic E-state index is 12.7. The summed E-state index contributed by atoms with van der Waals surface area (Å²) in [6.45, 7) is 2.15. The highest BCUT2D eigenvalue weighted by molar-refractivity contribution is 7.27. The molecule has 0 aromatic heterocycles. The molecule has 0 spiro atoms. The molecule has 44 heavy (non-hydrogen) atoms. The summed E-state index contributed by atoms with van der Waals surface area (Å²) in [4.78, 5) is 0. The number of nitrogens with one attached hydrogen (secondary N) is 4. The standard InChI is InChI=1S/3C8H9F2N.C8H11FNP/c3*1-11-5-6-2-7(9)4-8(10)3-6;1-10-5-6-2-7(9)4-8(11)3-6/h3*2-4,11H,5H2,1H3;2-4,10H,5,11H2,1H3. The Morgan fingerprint density at radius 2 is 0.568 bits per heavy atom. The molecule has 0 amide bonds. The van der Waals surface area contributed by atoms with Crippen LogP contribution in [0, 0.1) is 40.7 Å². The molecule has 240 valence electrons. The first-order chi connectivity index (χ1) is 20.9. The lowest BCUT2D eigenvalue weighted by atomic mass is 10.2. The van der Waals surface area contributed by atoms with Crippen LogP contribution < -0.4 is 26.6 Å². The van der Waals surface area contributed by atoms with Crippen molar-refractivity contribution in [2.45, 2.75) is 26.2 Å². The van der Waals surface area contributed by atoms with Crippen molar-refractivity contribution in [3.63, 3.8) is 0 Å². The van der Waals surface area contributed by atoms with E-state index >= 15 is 0 Å². The third-order valence-corrected chi connectivity index (χ3v) is 5.60. The number of rotatable bonds is 8. The Bertz CT molecular complexity index is 1130. The van der Waals surface area contributed by atoms with Crippen LogP contribution in [-0.2, 0) is 26.2 Å². The second-order valence-electron chi connectivity index (χ2n) is 9.35. The molecule has 0 aliphatic heterocycles. The van der Waals surface area contributed by atoms with Gasteiger partial charge in [0, 0.05) is 44.4 Å². The predicted octanol–water partition coefficient (Wildman–Crippen LogP) is 6.10. The van der Waals surface area contributed by atoms with Gasteiger partial charge in [0.25, 0.3) is 0 Å². The minimum atomic E-state index is -0.532. The van der Waals surface area contributed by atoms with Gasteiger partial charge < -0.3 is 21.3 Å². The molecule has 0 aliphatic rings. The summed E-state index contributed by atoms with van der Waals surface area (Å²) in [6.07, 6.45) is 0. The van der Waals surface area contributed by atoms with Crippen molar-refractivity contribution < 1.29 is 30.7 Å². The van der Waals surface area contributed by atoms with Crippen LogP contribution in [0.5, 0.6) is 0 Å². The molecule has 4 aromatic carbocycles. The fourth-order valence-corrected chi connectivity index (χ4v) is 4.11. The van der Waals surface area contributed by atoms with E-state index in [1.165, 1.54) is 48.5 Å². The van der Waals surface area contributed by atoms with Crippen LogP contribution in [0.15, 0.2) is 72.8 Å². The van der Waals surface area contributed by atoms with Crippen molar-refractivity contribution in [3.05, 3.63) is 136 Å². The maximum atomic E-state index is 12.7. The predicted molar refractivity (Wildman–Crippen MR) is 166 cm³/mol. The van der Waals surface area contributed by atoms with Gasteiger partial charge in [-0.2, -0.15) is 0 Å². The van der Waals surface area contributed by atoms with Crippen LogP contribution in [-0.4, -0.2) is 28.2 Å². The molecule has 4 nitrogen and oxygen atoms in total. The zero-order chi connectivity index (χ0) is 33.1. The smallest absolute Gasteiger partial charge is 0.126 e. The van der Waals surface area contributed by atoms with Crippen molar-refractivity contribution in [2.75, 3.05) is 28.2 Å². The van der Waals surface area contributed by atoms with Gasteiger partial charge in [-0.3, -0.25) is 0 Å². The largest absolute Gasteiger partial charge is 0.316 e. The average Bonchev–Trinajstić information content (AvgIpc) is 2.88. The van der Waals surface area contributed by atoms with Crippen LogP contribution in [0.3, 0.4) is 0 Å². The lowest BCUT2D eigenvalue weighted by molar-refractivity contribution is 0.577. The monoisotopic (exact) mass is 642 g/mol. The van der Waals surface area contributed by atoms with Crippen molar-refractivity contribution >= 4 is 14.5 Å². The molecule has 0 aliphatic carbocycles. The van der Waals surface area contributed by atoms with Crippen molar-refractivity contribution in [2.24, 2.45) is 0 Å². The molecular formula is C32H38F7N4P. The first-order valence-corrected chi connectivity index (χ1v) is 13.9. The van der Waals surface area contributed by atoms with Crippen LogP contribution in [0.2, 0.25) is 0 Å². The molecule has 0 saturated carbocycles. The molecule has 0 saturated heterocycles. The van der Waals surface area contributed by atoms with Gasteiger partial charge in [-0.05, 0) is 104 Å². The first-order valence-electron chi connectivity index (χ1n) is 13.4. The lowest BCUT2D eigenvalue weighted by Crippen LogP contribution is -2.07. The van der Waals surface area contributed by atoms with Gasteiger partial charge in [0.1, 0.15) is 40.7 Å². The molecular weight excluding hydrogens is 604 g/mol. The topological polar surface area (TPSA) is 48.1 Å². The summed E-state index contributed by atoms with van der Waals surface area (Å²) in [5.41, 5.74) is 2.82. The second kappa shape index (κ2) is 21.4. The zero-order valence-electron chi connectivity index (χ0n) is 25.0. The quantitative estimate of drug-likeness (QED) is 0.139. The second-order valence-corrected chi connectivity index (χ2v) is 10.0. The van der Waals surface area contributed by atoms with Gasteiger partial charge in [0.15, 0.2) is 0 Å². The van der Waals surface area contributed by atoms with Gasteiger partial charge >= 0.3 is 0 Å². The fourth-order valence-electron chi connectivity index (χ4n) is 3.73. The van der Waals surface area contributed by atoms with E-state index < -0.39 is 34.9 Å². The molecule has 0 heterocycles. The molecule has 1 unspecified atom stereocenters. The van der Waals surface area contributed by atoms with E-state index in [2.05, 4.69) is 30.5 Å². The van der Waals surface area contributed by atoms with Crippen molar-refractivity contribution in [1.29, 1.82) is 0 Å². The van der Waals surface area contributed by atoms with E-state index in [9.17, 15) is 30.7 Å².